The minimum absolute atomic E-state index is 0.0789. The Morgan fingerprint density at radius 3 is 2.24 bits per heavy atom. The second kappa shape index (κ2) is 7.37. The highest BCUT2D eigenvalue weighted by Crippen LogP contribution is 2.43. The third-order valence-electron chi connectivity index (χ3n) is 8.37. The molecule has 2 atom stereocenters. The highest BCUT2D eigenvalue weighted by Gasteiger charge is 2.30. The lowest BCUT2D eigenvalue weighted by Crippen LogP contribution is -2.40. The highest BCUT2D eigenvalue weighted by molar-refractivity contribution is 6.28. The lowest BCUT2D eigenvalue weighted by Gasteiger charge is -2.36. The van der Waals surface area contributed by atoms with Crippen molar-refractivity contribution in [1.29, 1.82) is 0 Å². The van der Waals surface area contributed by atoms with Crippen molar-refractivity contribution in [2.75, 3.05) is 5.32 Å². The molecule has 0 spiro atoms. The van der Waals surface area contributed by atoms with Gasteiger partial charge in [0.25, 0.3) is 0 Å². The predicted molar refractivity (Wildman–Crippen MR) is 157 cm³/mol. The van der Waals surface area contributed by atoms with Gasteiger partial charge in [0.2, 0.25) is 0 Å². The fraction of sp³-hybridized carbons (Fsp3) is 0.0588. The molecule has 1 aliphatic heterocycles. The van der Waals surface area contributed by atoms with Crippen LogP contribution in [0.2, 0.25) is 0 Å². The predicted octanol–water partition coefficient (Wildman–Crippen LogP) is 8.05. The summed E-state index contributed by atoms with van der Waals surface area (Å²) in [5, 5.41) is 14.3. The third kappa shape index (κ3) is 2.57. The summed E-state index contributed by atoms with van der Waals surface area (Å²) in [6.07, 6.45) is 2.09. The minimum atomic E-state index is -0.125. The molecule has 2 unspecified atom stereocenters. The summed E-state index contributed by atoms with van der Waals surface area (Å²) in [7, 11) is 0. The van der Waals surface area contributed by atoms with E-state index in [4.69, 9.17) is 0 Å². The van der Waals surface area contributed by atoms with Crippen LogP contribution in [-0.2, 0) is 0 Å². The van der Waals surface area contributed by atoms with Crippen molar-refractivity contribution in [2.24, 2.45) is 0 Å². The largest absolute Gasteiger partial charge is 0.352 e. The Morgan fingerprint density at radius 1 is 0.579 bits per heavy atom. The van der Waals surface area contributed by atoms with Gasteiger partial charge < -0.3 is 14.3 Å². The summed E-state index contributed by atoms with van der Waals surface area (Å²) < 4.78 is 4.83. The van der Waals surface area contributed by atoms with Crippen LogP contribution in [0.1, 0.15) is 23.5 Å². The van der Waals surface area contributed by atoms with Gasteiger partial charge in [-0.3, -0.25) is 5.32 Å². The van der Waals surface area contributed by atoms with Crippen molar-refractivity contribution in [1.82, 2.24) is 14.3 Å². The molecule has 5 aromatic carbocycles. The number of aromatic nitrogens is 2. The second-order valence-electron chi connectivity index (χ2n) is 10.3. The molecule has 0 radical (unpaired) electrons. The van der Waals surface area contributed by atoms with E-state index in [1.165, 1.54) is 60.1 Å². The van der Waals surface area contributed by atoms with E-state index in [-0.39, 0.29) is 12.3 Å². The van der Waals surface area contributed by atoms with E-state index in [2.05, 4.69) is 141 Å². The number of nitrogens with one attached hydrogen (secondary N) is 2. The third-order valence-corrected chi connectivity index (χ3v) is 8.37. The van der Waals surface area contributed by atoms with Gasteiger partial charge >= 0.3 is 0 Å². The first-order valence-corrected chi connectivity index (χ1v) is 13.2. The van der Waals surface area contributed by atoms with E-state index in [0.717, 1.165) is 5.69 Å². The maximum absolute atomic E-state index is 3.97. The Hall–Kier alpha value is -4.80. The summed E-state index contributed by atoms with van der Waals surface area (Å²) in [6, 6.07) is 41.8. The van der Waals surface area contributed by atoms with Crippen molar-refractivity contribution in [3.8, 4) is 0 Å². The first kappa shape index (κ1) is 20.3. The molecule has 0 fully saturated rings. The van der Waals surface area contributed by atoms with E-state index in [0.29, 0.717) is 0 Å². The van der Waals surface area contributed by atoms with Crippen LogP contribution in [0.15, 0.2) is 121 Å². The number of hydrogen-bond donors (Lipinski definition) is 2. The Kier molecular flexibility index (Phi) is 3.93. The molecule has 1 aliphatic rings. The number of para-hydroxylation sites is 2. The van der Waals surface area contributed by atoms with Crippen LogP contribution in [0.5, 0.6) is 0 Å². The Bertz CT molecular complexity index is 2130. The lowest BCUT2D eigenvalue weighted by molar-refractivity contribution is 0.417. The number of benzene rings is 5. The fourth-order valence-electron chi connectivity index (χ4n) is 6.81. The Labute approximate surface area is 219 Å². The SMILES string of the molecule is c1ccc(C2NC(n3c4cccc5c6cccc7ccn(c8cccc3c8c54)c76)Nc3ccccc32)cc1. The molecule has 9 rings (SSSR count). The van der Waals surface area contributed by atoms with Crippen LogP contribution in [0.4, 0.5) is 5.69 Å². The van der Waals surface area contributed by atoms with Gasteiger partial charge in [-0.1, -0.05) is 84.9 Å². The molecular weight excluding hydrogens is 464 g/mol. The minimum Gasteiger partial charge on any atom is -0.352 e. The van der Waals surface area contributed by atoms with Crippen molar-refractivity contribution in [3.63, 3.8) is 0 Å². The smallest absolute Gasteiger partial charge is 0.160 e. The molecule has 4 nitrogen and oxygen atoms in total. The maximum atomic E-state index is 3.97. The Balaban J connectivity index is 1.39. The van der Waals surface area contributed by atoms with Crippen LogP contribution in [0, 0.1) is 0 Å². The van der Waals surface area contributed by atoms with Gasteiger partial charge in [-0.05, 0) is 46.8 Å². The molecule has 0 saturated carbocycles. The van der Waals surface area contributed by atoms with Crippen molar-refractivity contribution >= 4 is 54.7 Å². The van der Waals surface area contributed by atoms with Crippen LogP contribution < -0.4 is 10.6 Å². The average Bonchev–Trinajstić information content (AvgIpc) is 3.53. The van der Waals surface area contributed by atoms with E-state index in [1.807, 2.05) is 0 Å². The summed E-state index contributed by atoms with van der Waals surface area (Å²) in [5.41, 5.74) is 8.65. The van der Waals surface area contributed by atoms with E-state index in [1.54, 1.807) is 0 Å². The van der Waals surface area contributed by atoms with Gasteiger partial charge in [-0.25, -0.2) is 0 Å². The van der Waals surface area contributed by atoms with Crippen molar-refractivity contribution in [2.45, 2.75) is 12.3 Å². The summed E-state index contributed by atoms with van der Waals surface area (Å²) in [5.74, 6) is 0. The molecule has 0 saturated heterocycles. The van der Waals surface area contributed by atoms with Crippen LogP contribution in [0.25, 0.3) is 49.0 Å². The van der Waals surface area contributed by atoms with Gasteiger partial charge in [0.1, 0.15) is 0 Å². The standard InChI is InChI=1S/C34H24N4/c1-2-9-21(10-3-1)32-25-12-4-5-15-26(25)35-34(36-32)38-28-17-7-13-23-24-14-6-11-22-19-20-37(33(22)24)27-16-8-18-29(38)31(27)30(23)28/h1-20,32,34-36H. The molecule has 0 bridgehead atoms. The summed E-state index contributed by atoms with van der Waals surface area (Å²) in [4.78, 5) is 0. The number of nitrogens with zero attached hydrogens (tertiary/aromatic N) is 2. The van der Waals surface area contributed by atoms with Gasteiger partial charge in [0.05, 0.1) is 28.1 Å². The van der Waals surface area contributed by atoms with E-state index >= 15 is 0 Å². The van der Waals surface area contributed by atoms with Gasteiger partial charge in [-0.2, -0.15) is 0 Å². The zero-order chi connectivity index (χ0) is 24.8. The number of rotatable bonds is 2. The number of fused-ring (bicyclic) bond motifs is 3. The molecule has 8 aromatic rings. The molecule has 4 heterocycles. The molecule has 2 N–H and O–H groups in total. The molecule has 180 valence electrons. The highest BCUT2D eigenvalue weighted by atomic mass is 15.3. The van der Waals surface area contributed by atoms with Crippen LogP contribution in [-0.4, -0.2) is 8.97 Å². The second-order valence-corrected chi connectivity index (χ2v) is 10.3. The Morgan fingerprint density at radius 2 is 1.32 bits per heavy atom. The first-order valence-electron chi connectivity index (χ1n) is 13.2. The van der Waals surface area contributed by atoms with Crippen LogP contribution in [0.3, 0.4) is 0 Å². The topological polar surface area (TPSA) is 33.4 Å². The fourth-order valence-corrected chi connectivity index (χ4v) is 6.81. The van der Waals surface area contributed by atoms with E-state index < -0.39 is 0 Å². The van der Waals surface area contributed by atoms with Gasteiger partial charge in [0.15, 0.2) is 6.29 Å². The first-order chi connectivity index (χ1) is 18.9. The average molecular weight is 489 g/mol. The number of anilines is 1. The van der Waals surface area contributed by atoms with Gasteiger partial charge in [0, 0.05) is 33.4 Å². The summed E-state index contributed by atoms with van der Waals surface area (Å²) in [6.45, 7) is 0. The molecule has 0 amide bonds. The van der Waals surface area contributed by atoms with Gasteiger partial charge in [-0.15, -0.1) is 0 Å². The van der Waals surface area contributed by atoms with Crippen molar-refractivity contribution in [3.05, 3.63) is 133 Å². The quantitative estimate of drug-likeness (QED) is 0.258. The zero-order valence-electron chi connectivity index (χ0n) is 20.6. The summed E-state index contributed by atoms with van der Waals surface area (Å²) >= 11 is 0. The molecule has 0 aliphatic carbocycles. The monoisotopic (exact) mass is 488 g/mol. The molecule has 3 aromatic heterocycles. The normalized spacial score (nSPS) is 17.6. The van der Waals surface area contributed by atoms with Crippen LogP contribution >= 0.6 is 0 Å². The van der Waals surface area contributed by atoms with E-state index in [9.17, 15) is 0 Å². The van der Waals surface area contributed by atoms with Crippen molar-refractivity contribution < 1.29 is 0 Å². The number of hydrogen-bond acceptors (Lipinski definition) is 2. The molecular formula is C34H24N4. The zero-order valence-corrected chi connectivity index (χ0v) is 20.6. The maximum Gasteiger partial charge on any atom is 0.160 e. The molecule has 4 heteroatoms. The molecule has 38 heavy (non-hydrogen) atoms. The lowest BCUT2D eigenvalue weighted by atomic mass is 9.95.